The molecule has 2 saturated heterocycles. The second kappa shape index (κ2) is 7.38. The molecule has 1 spiro atoms. The van der Waals surface area contributed by atoms with Crippen LogP contribution in [0.4, 0.5) is 11.4 Å². The Morgan fingerprint density at radius 1 is 0.889 bits per heavy atom. The Balaban J connectivity index is 1.37. The van der Waals surface area contributed by atoms with E-state index < -0.39 is 23.4 Å². The van der Waals surface area contributed by atoms with Crippen LogP contribution in [-0.2, 0) is 26.3 Å². The SMILES string of the molecule is Cc1ccc(N2C(=O)[C@H]3[C@@H](C2=O)[C@]2(N[C@@H]3Cc3c[nH]c4ccccc34)C(=O)Nc3ccccc32)cc1. The number of hydrogen-bond donors (Lipinski definition) is 3. The Kier molecular flexibility index (Phi) is 4.32. The van der Waals surface area contributed by atoms with E-state index in [0.29, 0.717) is 17.8 Å². The first-order valence-corrected chi connectivity index (χ1v) is 12.2. The van der Waals surface area contributed by atoms with Crippen molar-refractivity contribution in [3.8, 4) is 0 Å². The third-order valence-corrected chi connectivity index (χ3v) is 8.03. The van der Waals surface area contributed by atoms with Crippen LogP contribution in [0, 0.1) is 18.8 Å². The standard InChI is InChI=1S/C29H24N4O3/c1-16-10-12-18(13-11-16)33-26(34)24-23(14-17-15-30-21-8-4-2-6-19(17)21)32-29(25(24)27(33)35)20-7-3-5-9-22(20)31-28(29)36/h2-13,15,23-25,30,32H,14H2,1H3,(H,31,36)/t23-,24-,25+,29+/m1/s1. The van der Waals surface area contributed by atoms with E-state index >= 15 is 0 Å². The number of hydrogen-bond acceptors (Lipinski definition) is 4. The van der Waals surface area contributed by atoms with E-state index in [-0.39, 0.29) is 17.7 Å². The maximum Gasteiger partial charge on any atom is 0.250 e. The molecule has 3 amide bonds. The summed E-state index contributed by atoms with van der Waals surface area (Å²) in [6, 6.07) is 22.4. The van der Waals surface area contributed by atoms with E-state index in [0.717, 1.165) is 27.6 Å². The predicted octanol–water partition coefficient (Wildman–Crippen LogP) is 3.64. The molecule has 2 fully saturated rings. The number of rotatable bonds is 3. The normalized spacial score (nSPS) is 26.6. The monoisotopic (exact) mass is 476 g/mol. The molecule has 3 N–H and O–H groups in total. The lowest BCUT2D eigenvalue weighted by atomic mass is 9.76. The molecule has 3 aromatic carbocycles. The third kappa shape index (κ3) is 2.69. The minimum atomic E-state index is -1.30. The van der Waals surface area contributed by atoms with Gasteiger partial charge in [-0.05, 0) is 43.2 Å². The molecule has 0 aliphatic carbocycles. The highest BCUT2D eigenvalue weighted by atomic mass is 16.2. The van der Waals surface area contributed by atoms with Gasteiger partial charge in [0, 0.05) is 34.4 Å². The van der Waals surface area contributed by atoms with Crippen molar-refractivity contribution >= 4 is 40.0 Å². The molecule has 7 nitrogen and oxygen atoms in total. The van der Waals surface area contributed by atoms with Gasteiger partial charge in [0.05, 0.1) is 17.5 Å². The van der Waals surface area contributed by atoms with Gasteiger partial charge in [0.15, 0.2) is 0 Å². The van der Waals surface area contributed by atoms with Gasteiger partial charge in [-0.15, -0.1) is 0 Å². The average Bonchev–Trinajstić information content (AvgIpc) is 3.59. The molecule has 1 aromatic heterocycles. The van der Waals surface area contributed by atoms with Crippen molar-refractivity contribution in [3.05, 3.63) is 95.7 Å². The number of aromatic nitrogens is 1. The third-order valence-electron chi connectivity index (χ3n) is 8.03. The van der Waals surface area contributed by atoms with Gasteiger partial charge < -0.3 is 10.3 Å². The summed E-state index contributed by atoms with van der Waals surface area (Å²) in [4.78, 5) is 46.2. The van der Waals surface area contributed by atoms with E-state index in [1.54, 1.807) is 12.1 Å². The van der Waals surface area contributed by atoms with Gasteiger partial charge in [-0.2, -0.15) is 0 Å². The smallest absolute Gasteiger partial charge is 0.250 e. The van der Waals surface area contributed by atoms with Gasteiger partial charge in [-0.3, -0.25) is 19.7 Å². The minimum Gasteiger partial charge on any atom is -0.361 e. The van der Waals surface area contributed by atoms with Gasteiger partial charge in [0.25, 0.3) is 0 Å². The molecular weight excluding hydrogens is 452 g/mol. The van der Waals surface area contributed by atoms with Crippen LogP contribution in [0.5, 0.6) is 0 Å². The minimum absolute atomic E-state index is 0.264. The van der Waals surface area contributed by atoms with Crippen molar-refractivity contribution in [1.29, 1.82) is 0 Å². The summed E-state index contributed by atoms with van der Waals surface area (Å²) in [5.41, 5.74) is 3.73. The summed E-state index contributed by atoms with van der Waals surface area (Å²) < 4.78 is 0. The van der Waals surface area contributed by atoms with Gasteiger partial charge in [-0.25, -0.2) is 4.90 Å². The molecule has 7 rings (SSSR count). The number of imide groups is 1. The number of aryl methyl sites for hydroxylation is 1. The van der Waals surface area contributed by atoms with Crippen molar-refractivity contribution in [1.82, 2.24) is 10.3 Å². The molecule has 0 unspecified atom stereocenters. The molecule has 36 heavy (non-hydrogen) atoms. The second-order valence-electron chi connectivity index (χ2n) is 9.97. The van der Waals surface area contributed by atoms with Crippen LogP contribution in [0.15, 0.2) is 79.0 Å². The number of para-hydroxylation sites is 2. The number of nitrogens with zero attached hydrogens (tertiary/aromatic N) is 1. The Bertz CT molecular complexity index is 1570. The Morgan fingerprint density at radius 2 is 1.64 bits per heavy atom. The van der Waals surface area contributed by atoms with Crippen molar-refractivity contribution in [3.63, 3.8) is 0 Å². The number of amides is 3. The van der Waals surface area contributed by atoms with Crippen LogP contribution >= 0.6 is 0 Å². The van der Waals surface area contributed by atoms with Gasteiger partial charge >= 0.3 is 0 Å². The number of fused-ring (bicyclic) bond motifs is 5. The van der Waals surface area contributed by atoms with Crippen LogP contribution in [0.2, 0.25) is 0 Å². The summed E-state index contributed by atoms with van der Waals surface area (Å²) in [6.07, 6.45) is 2.46. The molecule has 0 bridgehead atoms. The topological polar surface area (TPSA) is 94.3 Å². The van der Waals surface area contributed by atoms with E-state index in [2.05, 4.69) is 15.6 Å². The summed E-state index contributed by atoms with van der Waals surface area (Å²) in [6.45, 7) is 1.96. The summed E-state index contributed by atoms with van der Waals surface area (Å²) in [5.74, 6) is -2.41. The van der Waals surface area contributed by atoms with E-state index in [9.17, 15) is 14.4 Å². The van der Waals surface area contributed by atoms with Crippen LogP contribution in [0.3, 0.4) is 0 Å². The largest absolute Gasteiger partial charge is 0.361 e. The van der Waals surface area contributed by atoms with E-state index in [1.165, 1.54) is 4.90 Å². The fourth-order valence-corrected chi connectivity index (χ4v) is 6.42. The number of anilines is 2. The molecule has 4 heterocycles. The highest BCUT2D eigenvalue weighted by molar-refractivity contribution is 6.25. The lowest BCUT2D eigenvalue weighted by Gasteiger charge is -2.29. The van der Waals surface area contributed by atoms with Crippen molar-refractivity contribution in [2.45, 2.75) is 24.9 Å². The van der Waals surface area contributed by atoms with Crippen LogP contribution < -0.4 is 15.5 Å². The van der Waals surface area contributed by atoms with Crippen molar-refractivity contribution in [2.24, 2.45) is 11.8 Å². The lowest BCUT2D eigenvalue weighted by molar-refractivity contribution is -0.130. The zero-order chi connectivity index (χ0) is 24.6. The zero-order valence-corrected chi connectivity index (χ0v) is 19.6. The Hall–Kier alpha value is -4.23. The van der Waals surface area contributed by atoms with Crippen LogP contribution in [0.25, 0.3) is 10.9 Å². The predicted molar refractivity (Wildman–Crippen MR) is 136 cm³/mol. The fourth-order valence-electron chi connectivity index (χ4n) is 6.42. The Morgan fingerprint density at radius 3 is 2.47 bits per heavy atom. The maximum atomic E-state index is 14.0. The molecule has 178 valence electrons. The number of aromatic amines is 1. The van der Waals surface area contributed by atoms with Gasteiger partial charge in [0.2, 0.25) is 17.7 Å². The number of benzene rings is 3. The number of carbonyl (C=O) groups excluding carboxylic acids is 3. The molecule has 3 aliphatic rings. The highest BCUT2D eigenvalue weighted by Crippen LogP contribution is 2.54. The lowest BCUT2D eigenvalue weighted by Crippen LogP contribution is -2.53. The maximum absolute atomic E-state index is 14.0. The molecule has 3 aliphatic heterocycles. The molecule has 0 radical (unpaired) electrons. The Labute approximate surface area is 207 Å². The molecule has 4 aromatic rings. The molecule has 7 heteroatoms. The fraction of sp³-hybridized carbons (Fsp3) is 0.207. The summed E-state index contributed by atoms with van der Waals surface area (Å²) in [7, 11) is 0. The molecular formula is C29H24N4O3. The van der Waals surface area contributed by atoms with Crippen LogP contribution in [0.1, 0.15) is 16.7 Å². The number of H-pyrrole nitrogens is 1. The van der Waals surface area contributed by atoms with Crippen LogP contribution in [-0.4, -0.2) is 28.7 Å². The first kappa shape index (κ1) is 21.1. The summed E-state index contributed by atoms with van der Waals surface area (Å²) >= 11 is 0. The van der Waals surface area contributed by atoms with Crippen molar-refractivity contribution in [2.75, 3.05) is 10.2 Å². The molecule has 4 atom stereocenters. The average molecular weight is 477 g/mol. The first-order chi connectivity index (χ1) is 17.5. The highest BCUT2D eigenvalue weighted by Gasteiger charge is 2.70. The number of carbonyl (C=O) groups is 3. The second-order valence-corrected chi connectivity index (χ2v) is 9.97. The van der Waals surface area contributed by atoms with Gasteiger partial charge in [-0.1, -0.05) is 54.1 Å². The first-order valence-electron chi connectivity index (χ1n) is 12.2. The van der Waals surface area contributed by atoms with E-state index in [4.69, 9.17) is 0 Å². The number of nitrogens with one attached hydrogen (secondary N) is 3. The zero-order valence-electron chi connectivity index (χ0n) is 19.6. The molecule has 0 saturated carbocycles. The quantitative estimate of drug-likeness (QED) is 0.394. The van der Waals surface area contributed by atoms with Crippen molar-refractivity contribution < 1.29 is 14.4 Å². The van der Waals surface area contributed by atoms with E-state index in [1.807, 2.05) is 73.8 Å². The van der Waals surface area contributed by atoms with Gasteiger partial charge in [0.1, 0.15) is 5.54 Å². The summed E-state index contributed by atoms with van der Waals surface area (Å²) in [5, 5.41) is 7.55.